The van der Waals surface area contributed by atoms with Gasteiger partial charge in [-0.05, 0) is 37.6 Å². The number of nitrogens with two attached hydrogens (primary N) is 2. The van der Waals surface area contributed by atoms with Crippen molar-refractivity contribution >= 4 is 36.3 Å². The number of amides is 3. The van der Waals surface area contributed by atoms with Crippen molar-refractivity contribution in [1.29, 1.82) is 0 Å². The third-order valence-corrected chi connectivity index (χ3v) is 5.06. The first-order valence-corrected chi connectivity index (χ1v) is 11.3. The van der Waals surface area contributed by atoms with Gasteiger partial charge in [0.25, 0.3) is 0 Å². The standard InChI is InChI=1S/C20H39N5O5S/c1-11(2)9-14(20(29)30)23-18(27)15(10-31)24-19(28)16(12(3)4)25-17(26)13(22)7-5-6-8-21/h11-16,31H,5-10,21-22H2,1-4H3,(H,23,27)(H,24,28)(H,25,26)(H,29,30). The van der Waals surface area contributed by atoms with Crippen molar-refractivity contribution in [2.45, 2.75) is 77.5 Å². The molecule has 31 heavy (non-hydrogen) atoms. The smallest absolute Gasteiger partial charge is 0.326 e. The third-order valence-electron chi connectivity index (χ3n) is 4.69. The summed E-state index contributed by atoms with van der Waals surface area (Å²) in [6.07, 6.45) is 2.15. The Kier molecular flexibility index (Phi) is 14.1. The molecule has 0 bridgehead atoms. The summed E-state index contributed by atoms with van der Waals surface area (Å²) >= 11 is 4.10. The molecule has 0 aliphatic carbocycles. The van der Waals surface area contributed by atoms with E-state index in [9.17, 15) is 24.3 Å². The van der Waals surface area contributed by atoms with Gasteiger partial charge in [-0.15, -0.1) is 0 Å². The van der Waals surface area contributed by atoms with Gasteiger partial charge in [0.1, 0.15) is 18.1 Å². The van der Waals surface area contributed by atoms with Gasteiger partial charge in [0.05, 0.1) is 6.04 Å². The van der Waals surface area contributed by atoms with E-state index >= 15 is 0 Å². The van der Waals surface area contributed by atoms with Crippen LogP contribution in [0.4, 0.5) is 0 Å². The van der Waals surface area contributed by atoms with Crippen LogP contribution >= 0.6 is 12.6 Å². The number of unbranched alkanes of at least 4 members (excludes halogenated alkanes) is 1. The average Bonchev–Trinajstić information content (AvgIpc) is 2.68. The summed E-state index contributed by atoms with van der Waals surface area (Å²) in [7, 11) is 0. The minimum Gasteiger partial charge on any atom is -0.480 e. The molecule has 0 saturated carbocycles. The lowest BCUT2D eigenvalue weighted by atomic mass is 10.0. The number of nitrogens with one attached hydrogen (secondary N) is 3. The van der Waals surface area contributed by atoms with Gasteiger partial charge in [0.15, 0.2) is 0 Å². The maximum Gasteiger partial charge on any atom is 0.326 e. The van der Waals surface area contributed by atoms with Crippen molar-refractivity contribution in [3.05, 3.63) is 0 Å². The molecule has 0 radical (unpaired) electrons. The molecule has 0 fully saturated rings. The maximum absolute atomic E-state index is 12.8. The molecule has 0 aliphatic rings. The highest BCUT2D eigenvalue weighted by Gasteiger charge is 2.31. The second kappa shape index (κ2) is 15.0. The number of rotatable bonds is 15. The Hall–Kier alpha value is -1.85. The minimum absolute atomic E-state index is 0.0387. The van der Waals surface area contributed by atoms with Crippen LogP contribution in [0.1, 0.15) is 53.4 Å². The number of hydrogen-bond acceptors (Lipinski definition) is 7. The Morgan fingerprint density at radius 3 is 1.94 bits per heavy atom. The van der Waals surface area contributed by atoms with Crippen LogP contribution in [0.5, 0.6) is 0 Å². The van der Waals surface area contributed by atoms with Crippen LogP contribution in [0.25, 0.3) is 0 Å². The van der Waals surface area contributed by atoms with Crippen LogP contribution in [0, 0.1) is 11.8 Å². The first kappa shape index (κ1) is 29.1. The van der Waals surface area contributed by atoms with E-state index in [0.29, 0.717) is 19.4 Å². The first-order valence-electron chi connectivity index (χ1n) is 10.6. The number of hydrogen-bond donors (Lipinski definition) is 7. The predicted molar refractivity (Wildman–Crippen MR) is 122 cm³/mol. The molecule has 0 rings (SSSR count). The molecule has 10 nitrogen and oxygen atoms in total. The minimum atomic E-state index is -1.15. The molecule has 3 amide bonds. The molecule has 0 aromatic heterocycles. The van der Waals surface area contributed by atoms with Crippen molar-refractivity contribution in [1.82, 2.24) is 16.0 Å². The van der Waals surface area contributed by atoms with Crippen molar-refractivity contribution in [3.63, 3.8) is 0 Å². The molecule has 0 saturated heterocycles. The zero-order chi connectivity index (χ0) is 24.1. The van der Waals surface area contributed by atoms with E-state index in [1.807, 2.05) is 13.8 Å². The predicted octanol–water partition coefficient (Wildman–Crippen LogP) is -0.386. The average molecular weight is 462 g/mol. The number of carboxylic acid groups (broad SMARTS) is 1. The van der Waals surface area contributed by atoms with E-state index < -0.39 is 47.9 Å². The Morgan fingerprint density at radius 1 is 0.903 bits per heavy atom. The van der Waals surface area contributed by atoms with Gasteiger partial charge in [-0.2, -0.15) is 12.6 Å². The Labute approximate surface area is 190 Å². The molecule has 180 valence electrons. The van der Waals surface area contributed by atoms with Gasteiger partial charge in [-0.1, -0.05) is 34.1 Å². The molecular weight excluding hydrogens is 422 g/mol. The normalized spacial score (nSPS) is 15.1. The van der Waals surface area contributed by atoms with Crippen LogP contribution in [-0.4, -0.2) is 65.3 Å². The van der Waals surface area contributed by atoms with Crippen molar-refractivity contribution in [2.75, 3.05) is 12.3 Å². The molecule has 4 unspecified atom stereocenters. The second-order valence-electron chi connectivity index (χ2n) is 8.39. The van der Waals surface area contributed by atoms with Crippen LogP contribution < -0.4 is 27.4 Å². The number of carbonyl (C=O) groups is 4. The summed E-state index contributed by atoms with van der Waals surface area (Å²) < 4.78 is 0. The van der Waals surface area contributed by atoms with Crippen molar-refractivity contribution < 1.29 is 24.3 Å². The molecule has 0 spiro atoms. The van der Waals surface area contributed by atoms with E-state index in [1.165, 1.54) is 0 Å². The Balaban J connectivity index is 5.08. The van der Waals surface area contributed by atoms with Gasteiger partial charge in [0, 0.05) is 5.75 Å². The van der Waals surface area contributed by atoms with Gasteiger partial charge in [0.2, 0.25) is 17.7 Å². The lowest BCUT2D eigenvalue weighted by molar-refractivity contribution is -0.142. The highest BCUT2D eigenvalue weighted by molar-refractivity contribution is 7.80. The molecule has 0 heterocycles. The summed E-state index contributed by atoms with van der Waals surface area (Å²) in [6, 6.07) is -3.80. The quantitative estimate of drug-likeness (QED) is 0.128. The first-order chi connectivity index (χ1) is 14.4. The van der Waals surface area contributed by atoms with Crippen LogP contribution in [0.15, 0.2) is 0 Å². The number of aliphatic carboxylic acids is 1. The van der Waals surface area contributed by atoms with E-state index in [0.717, 1.165) is 6.42 Å². The number of thiol groups is 1. The lowest BCUT2D eigenvalue weighted by Gasteiger charge is -2.26. The van der Waals surface area contributed by atoms with Gasteiger partial charge < -0.3 is 32.5 Å². The molecule has 0 aliphatic heterocycles. The van der Waals surface area contributed by atoms with E-state index in [-0.39, 0.29) is 24.0 Å². The van der Waals surface area contributed by atoms with Crippen LogP contribution in [0.3, 0.4) is 0 Å². The zero-order valence-corrected chi connectivity index (χ0v) is 19.8. The van der Waals surface area contributed by atoms with Crippen molar-refractivity contribution in [2.24, 2.45) is 23.3 Å². The topological polar surface area (TPSA) is 177 Å². The van der Waals surface area contributed by atoms with Crippen LogP contribution in [-0.2, 0) is 19.2 Å². The molecule has 8 N–H and O–H groups in total. The fraction of sp³-hybridized carbons (Fsp3) is 0.800. The zero-order valence-electron chi connectivity index (χ0n) is 18.9. The highest BCUT2D eigenvalue weighted by atomic mass is 32.1. The van der Waals surface area contributed by atoms with Gasteiger partial charge in [-0.3, -0.25) is 14.4 Å². The molecule has 11 heteroatoms. The van der Waals surface area contributed by atoms with Gasteiger partial charge in [-0.25, -0.2) is 4.79 Å². The number of carbonyl (C=O) groups excluding carboxylic acids is 3. The summed E-state index contributed by atoms with van der Waals surface area (Å²) in [4.78, 5) is 49.0. The SMILES string of the molecule is CC(C)CC(NC(=O)C(CS)NC(=O)C(NC(=O)C(N)CCCCN)C(C)C)C(=O)O. The van der Waals surface area contributed by atoms with E-state index in [4.69, 9.17) is 11.5 Å². The molecular formula is C20H39N5O5S. The Morgan fingerprint density at radius 2 is 1.48 bits per heavy atom. The highest BCUT2D eigenvalue weighted by Crippen LogP contribution is 2.07. The third kappa shape index (κ3) is 11.4. The summed E-state index contributed by atoms with van der Waals surface area (Å²) in [5.41, 5.74) is 11.3. The fourth-order valence-corrected chi connectivity index (χ4v) is 3.11. The molecule has 0 aromatic rings. The van der Waals surface area contributed by atoms with Crippen LogP contribution in [0.2, 0.25) is 0 Å². The van der Waals surface area contributed by atoms with Gasteiger partial charge >= 0.3 is 5.97 Å². The molecule has 4 atom stereocenters. The summed E-state index contributed by atoms with van der Waals surface area (Å²) in [5.74, 6) is -3.08. The molecule has 0 aromatic carbocycles. The largest absolute Gasteiger partial charge is 0.480 e. The maximum atomic E-state index is 12.8. The monoisotopic (exact) mass is 461 g/mol. The van der Waals surface area contributed by atoms with E-state index in [2.05, 4.69) is 28.6 Å². The van der Waals surface area contributed by atoms with E-state index in [1.54, 1.807) is 13.8 Å². The Bertz CT molecular complexity index is 603. The fourth-order valence-electron chi connectivity index (χ4n) is 2.86. The number of carboxylic acids is 1. The lowest BCUT2D eigenvalue weighted by Crippen LogP contribution is -2.59. The van der Waals surface area contributed by atoms with Crippen molar-refractivity contribution in [3.8, 4) is 0 Å². The summed E-state index contributed by atoms with van der Waals surface area (Å²) in [6.45, 7) is 7.71. The summed E-state index contributed by atoms with van der Waals surface area (Å²) in [5, 5.41) is 16.9. The second-order valence-corrected chi connectivity index (χ2v) is 8.76.